The van der Waals surface area contributed by atoms with Crippen molar-refractivity contribution in [1.82, 2.24) is 14.7 Å². The first-order valence-corrected chi connectivity index (χ1v) is 9.53. The highest BCUT2D eigenvalue weighted by molar-refractivity contribution is 7.90. The molecule has 5 nitrogen and oxygen atoms in total. The van der Waals surface area contributed by atoms with E-state index >= 15 is 0 Å². The summed E-state index contributed by atoms with van der Waals surface area (Å²) >= 11 is 0. The monoisotopic (exact) mass is 331 g/mol. The van der Waals surface area contributed by atoms with Crippen LogP contribution in [0.5, 0.6) is 0 Å². The second-order valence-corrected chi connectivity index (χ2v) is 7.96. The summed E-state index contributed by atoms with van der Waals surface area (Å²) in [6, 6.07) is 7.53. The van der Waals surface area contributed by atoms with E-state index < -0.39 is 10.0 Å². The lowest BCUT2D eigenvalue weighted by Gasteiger charge is -2.22. The standard InChI is InChI=1S/C17H21N3O2S/c21-23(22,16-4-2-1-3-5-16)20-13-14-6-11-19-17(12-14)15-7-9-18-10-8-15/h6-12,16,20H,1-5,13H2. The smallest absolute Gasteiger partial charge is 0.214 e. The third-order valence-corrected chi connectivity index (χ3v) is 6.16. The van der Waals surface area contributed by atoms with Gasteiger partial charge in [-0.3, -0.25) is 9.97 Å². The number of pyridine rings is 2. The summed E-state index contributed by atoms with van der Waals surface area (Å²) in [5, 5.41) is -0.238. The van der Waals surface area contributed by atoms with Gasteiger partial charge in [-0.25, -0.2) is 13.1 Å². The zero-order chi connectivity index (χ0) is 16.1. The largest absolute Gasteiger partial charge is 0.265 e. The van der Waals surface area contributed by atoms with Crippen molar-refractivity contribution < 1.29 is 8.42 Å². The first-order chi connectivity index (χ1) is 11.1. The molecule has 0 saturated heterocycles. The van der Waals surface area contributed by atoms with Crippen LogP contribution in [0.2, 0.25) is 0 Å². The molecule has 1 aliphatic rings. The molecule has 0 bridgehead atoms. The van der Waals surface area contributed by atoms with Gasteiger partial charge in [0.25, 0.3) is 0 Å². The number of aromatic nitrogens is 2. The molecule has 0 spiro atoms. The Morgan fingerprint density at radius 3 is 2.52 bits per heavy atom. The predicted octanol–water partition coefficient (Wildman–Crippen LogP) is 2.90. The molecular weight excluding hydrogens is 310 g/mol. The molecule has 2 heterocycles. The van der Waals surface area contributed by atoms with Gasteiger partial charge in [-0.1, -0.05) is 19.3 Å². The van der Waals surface area contributed by atoms with E-state index in [1.54, 1.807) is 18.6 Å². The molecule has 1 aliphatic carbocycles. The maximum absolute atomic E-state index is 12.4. The Bertz CT molecular complexity index is 741. The van der Waals surface area contributed by atoms with E-state index in [0.29, 0.717) is 6.54 Å². The predicted molar refractivity (Wildman–Crippen MR) is 90.1 cm³/mol. The second kappa shape index (κ2) is 7.19. The summed E-state index contributed by atoms with van der Waals surface area (Å²) in [6.45, 7) is 0.305. The molecule has 2 aromatic rings. The normalized spacial score (nSPS) is 16.3. The summed E-state index contributed by atoms with van der Waals surface area (Å²) < 4.78 is 27.5. The molecule has 2 aromatic heterocycles. The third-order valence-electron chi connectivity index (χ3n) is 4.27. The van der Waals surface area contributed by atoms with Crippen LogP contribution in [0.3, 0.4) is 0 Å². The third kappa shape index (κ3) is 4.14. The molecule has 0 amide bonds. The Morgan fingerprint density at radius 2 is 1.78 bits per heavy atom. The molecule has 122 valence electrons. The molecule has 1 fully saturated rings. The zero-order valence-electron chi connectivity index (χ0n) is 13.0. The minimum atomic E-state index is -3.24. The number of nitrogens with one attached hydrogen (secondary N) is 1. The number of hydrogen-bond acceptors (Lipinski definition) is 4. The minimum absolute atomic E-state index is 0.238. The minimum Gasteiger partial charge on any atom is -0.265 e. The van der Waals surface area contributed by atoms with Crippen molar-refractivity contribution in [2.45, 2.75) is 43.9 Å². The van der Waals surface area contributed by atoms with Crippen LogP contribution in [0.15, 0.2) is 42.9 Å². The molecule has 0 atom stereocenters. The van der Waals surface area contributed by atoms with Gasteiger partial charge in [0.1, 0.15) is 0 Å². The molecular formula is C17H21N3O2S. The Labute approximate surface area is 137 Å². The average Bonchev–Trinajstić information content (AvgIpc) is 2.62. The van der Waals surface area contributed by atoms with Gasteiger partial charge in [0.2, 0.25) is 10.0 Å². The van der Waals surface area contributed by atoms with Crippen LogP contribution in [0.4, 0.5) is 0 Å². The Hall–Kier alpha value is -1.79. The lowest BCUT2D eigenvalue weighted by atomic mass is 10.0. The summed E-state index contributed by atoms with van der Waals surface area (Å²) in [5.74, 6) is 0. The van der Waals surface area contributed by atoms with Gasteiger partial charge < -0.3 is 0 Å². The second-order valence-electron chi connectivity index (χ2n) is 5.91. The average molecular weight is 331 g/mol. The fraction of sp³-hybridized carbons (Fsp3) is 0.412. The van der Waals surface area contributed by atoms with E-state index in [0.717, 1.165) is 48.9 Å². The Kier molecular flexibility index (Phi) is 5.03. The molecule has 3 rings (SSSR count). The maximum atomic E-state index is 12.4. The zero-order valence-corrected chi connectivity index (χ0v) is 13.8. The Balaban J connectivity index is 1.69. The SMILES string of the molecule is O=S(=O)(NCc1ccnc(-c2ccncc2)c1)C1CCCCC1. The van der Waals surface area contributed by atoms with Crippen molar-refractivity contribution in [3.63, 3.8) is 0 Å². The fourth-order valence-electron chi connectivity index (χ4n) is 2.94. The van der Waals surface area contributed by atoms with Crippen LogP contribution in [0.25, 0.3) is 11.3 Å². The van der Waals surface area contributed by atoms with Crippen molar-refractivity contribution in [2.24, 2.45) is 0 Å². The molecule has 1 N–H and O–H groups in total. The van der Waals surface area contributed by atoms with Gasteiger partial charge in [-0.2, -0.15) is 0 Å². The van der Waals surface area contributed by atoms with E-state index in [2.05, 4.69) is 14.7 Å². The fourth-order valence-corrected chi connectivity index (χ4v) is 4.50. The summed E-state index contributed by atoms with van der Waals surface area (Å²) in [5.41, 5.74) is 2.70. The van der Waals surface area contributed by atoms with Gasteiger partial charge in [-0.05, 0) is 42.7 Å². The van der Waals surface area contributed by atoms with E-state index in [4.69, 9.17) is 0 Å². The molecule has 6 heteroatoms. The topological polar surface area (TPSA) is 72.0 Å². The van der Waals surface area contributed by atoms with Crippen LogP contribution >= 0.6 is 0 Å². The molecule has 0 aliphatic heterocycles. The number of rotatable bonds is 5. The van der Waals surface area contributed by atoms with E-state index in [1.165, 1.54) is 0 Å². The van der Waals surface area contributed by atoms with E-state index in [-0.39, 0.29) is 5.25 Å². The Morgan fingerprint density at radius 1 is 1.04 bits per heavy atom. The van der Waals surface area contributed by atoms with E-state index in [1.807, 2.05) is 24.3 Å². The molecule has 0 aromatic carbocycles. The molecule has 0 unspecified atom stereocenters. The van der Waals surface area contributed by atoms with Gasteiger partial charge >= 0.3 is 0 Å². The van der Waals surface area contributed by atoms with Crippen molar-refractivity contribution >= 4 is 10.0 Å². The van der Waals surface area contributed by atoms with Crippen molar-refractivity contribution in [3.05, 3.63) is 48.4 Å². The van der Waals surface area contributed by atoms with Gasteiger partial charge in [-0.15, -0.1) is 0 Å². The molecule has 0 radical (unpaired) electrons. The van der Waals surface area contributed by atoms with Gasteiger partial charge in [0, 0.05) is 30.7 Å². The van der Waals surface area contributed by atoms with Crippen LogP contribution in [-0.2, 0) is 16.6 Å². The molecule has 23 heavy (non-hydrogen) atoms. The quantitative estimate of drug-likeness (QED) is 0.914. The van der Waals surface area contributed by atoms with Crippen LogP contribution in [-0.4, -0.2) is 23.6 Å². The summed E-state index contributed by atoms with van der Waals surface area (Å²) in [6.07, 6.45) is 9.85. The van der Waals surface area contributed by atoms with Gasteiger partial charge in [0.15, 0.2) is 0 Å². The molecule has 1 saturated carbocycles. The highest BCUT2D eigenvalue weighted by Crippen LogP contribution is 2.23. The van der Waals surface area contributed by atoms with Gasteiger partial charge in [0.05, 0.1) is 10.9 Å². The summed E-state index contributed by atoms with van der Waals surface area (Å²) in [4.78, 5) is 8.33. The lowest BCUT2D eigenvalue weighted by molar-refractivity contribution is 0.477. The van der Waals surface area contributed by atoms with Crippen LogP contribution in [0.1, 0.15) is 37.7 Å². The first kappa shape index (κ1) is 16.1. The van der Waals surface area contributed by atoms with Crippen molar-refractivity contribution in [2.75, 3.05) is 0 Å². The van der Waals surface area contributed by atoms with Crippen molar-refractivity contribution in [1.29, 1.82) is 0 Å². The number of nitrogens with zero attached hydrogens (tertiary/aromatic N) is 2. The van der Waals surface area contributed by atoms with Crippen molar-refractivity contribution in [3.8, 4) is 11.3 Å². The highest BCUT2D eigenvalue weighted by Gasteiger charge is 2.26. The number of sulfonamides is 1. The van der Waals surface area contributed by atoms with Crippen LogP contribution in [0, 0.1) is 0 Å². The van der Waals surface area contributed by atoms with Crippen LogP contribution < -0.4 is 4.72 Å². The first-order valence-electron chi connectivity index (χ1n) is 7.99. The van der Waals surface area contributed by atoms with E-state index in [9.17, 15) is 8.42 Å². The summed E-state index contributed by atoms with van der Waals surface area (Å²) in [7, 11) is -3.24. The number of hydrogen-bond donors (Lipinski definition) is 1. The highest BCUT2D eigenvalue weighted by atomic mass is 32.2. The maximum Gasteiger partial charge on any atom is 0.214 e. The lowest BCUT2D eigenvalue weighted by Crippen LogP contribution is -2.35.